The minimum atomic E-state index is -1.25. The number of benzene rings is 1. The summed E-state index contributed by atoms with van der Waals surface area (Å²) in [4.78, 5) is 51.6. The quantitative estimate of drug-likeness (QED) is 0.662. The van der Waals surface area contributed by atoms with Crippen molar-refractivity contribution in [1.82, 2.24) is 9.80 Å². The molecule has 0 aliphatic carbocycles. The van der Waals surface area contributed by atoms with Crippen LogP contribution >= 0.6 is 0 Å². The molecule has 4 amide bonds. The van der Waals surface area contributed by atoms with E-state index >= 15 is 0 Å². The number of likely N-dealkylation sites (tertiary alicyclic amines) is 1. The lowest BCUT2D eigenvalue weighted by atomic mass is 9.88. The van der Waals surface area contributed by atoms with Crippen LogP contribution in [0.4, 0.5) is 15.3 Å². The molecule has 1 fully saturated rings. The summed E-state index contributed by atoms with van der Waals surface area (Å²) in [6.45, 7) is 3.65. The van der Waals surface area contributed by atoms with E-state index in [1.54, 1.807) is 24.3 Å². The van der Waals surface area contributed by atoms with Crippen molar-refractivity contribution in [3.63, 3.8) is 0 Å². The second-order valence-corrected chi connectivity index (χ2v) is 8.18. The molecule has 4 N–H and O–H groups in total. The Hall–Kier alpha value is -3.30. The first-order valence-corrected chi connectivity index (χ1v) is 9.71. The standard InChI is InChI=1S/C20H26N4O6/c1-11(2)8-14(23(3)19(28)29)17(26)24-10-20(9-15(24)16(21)25)12-6-4-5-7-13(12)22-18(27)30-20/h4-7,11,14-15H,8-10H2,1-3H3,(H2,21,25)(H,22,27)(H,28,29)/t14?,15-,20-/m0/s1. The van der Waals surface area contributed by atoms with Gasteiger partial charge in [-0.3, -0.25) is 19.8 Å². The van der Waals surface area contributed by atoms with Crippen molar-refractivity contribution in [1.29, 1.82) is 0 Å². The summed E-state index contributed by atoms with van der Waals surface area (Å²) in [7, 11) is 1.32. The molecular weight excluding hydrogens is 392 g/mol. The number of carbonyl (C=O) groups excluding carboxylic acids is 3. The fourth-order valence-electron chi connectivity index (χ4n) is 4.18. The molecule has 2 aliphatic heterocycles. The van der Waals surface area contributed by atoms with E-state index in [-0.39, 0.29) is 25.3 Å². The number of para-hydroxylation sites is 1. The summed E-state index contributed by atoms with van der Waals surface area (Å²) < 4.78 is 5.61. The van der Waals surface area contributed by atoms with Crippen molar-refractivity contribution in [2.45, 2.75) is 44.4 Å². The molecule has 1 aromatic rings. The number of hydrogen-bond donors (Lipinski definition) is 3. The van der Waals surface area contributed by atoms with Crippen LogP contribution in [-0.2, 0) is 19.9 Å². The van der Waals surface area contributed by atoms with Crippen LogP contribution in [0.5, 0.6) is 0 Å². The van der Waals surface area contributed by atoms with Crippen LogP contribution in [-0.4, -0.2) is 64.6 Å². The molecule has 0 bridgehead atoms. The van der Waals surface area contributed by atoms with Gasteiger partial charge in [0.15, 0.2) is 5.60 Å². The van der Waals surface area contributed by atoms with Crippen molar-refractivity contribution in [3.8, 4) is 0 Å². The molecule has 10 heteroatoms. The van der Waals surface area contributed by atoms with E-state index in [0.29, 0.717) is 11.3 Å². The molecule has 3 rings (SSSR count). The third-order valence-corrected chi connectivity index (χ3v) is 5.63. The van der Waals surface area contributed by atoms with Crippen molar-refractivity contribution >= 4 is 29.7 Å². The Morgan fingerprint density at radius 3 is 2.63 bits per heavy atom. The Morgan fingerprint density at radius 2 is 2.03 bits per heavy atom. The minimum absolute atomic E-state index is 0.00366. The Bertz CT molecular complexity index is 888. The van der Waals surface area contributed by atoms with Gasteiger partial charge in [0.2, 0.25) is 11.8 Å². The third-order valence-electron chi connectivity index (χ3n) is 5.63. The molecule has 162 valence electrons. The van der Waals surface area contributed by atoms with Gasteiger partial charge >= 0.3 is 12.2 Å². The summed E-state index contributed by atoms with van der Waals surface area (Å²) in [6, 6.07) is 4.96. The smallest absolute Gasteiger partial charge is 0.412 e. The maximum Gasteiger partial charge on any atom is 0.412 e. The van der Waals surface area contributed by atoms with Crippen LogP contribution in [0.3, 0.4) is 0 Å². The van der Waals surface area contributed by atoms with Gasteiger partial charge in [-0.1, -0.05) is 32.0 Å². The third kappa shape index (κ3) is 3.77. The number of fused-ring (bicyclic) bond motifs is 2. The highest BCUT2D eigenvalue weighted by Crippen LogP contribution is 2.45. The number of anilines is 1. The normalized spacial score (nSPS) is 23.5. The van der Waals surface area contributed by atoms with Gasteiger partial charge in [-0.25, -0.2) is 9.59 Å². The molecule has 10 nitrogen and oxygen atoms in total. The Labute approximate surface area is 173 Å². The number of rotatable bonds is 5. The highest BCUT2D eigenvalue weighted by molar-refractivity contribution is 5.93. The van der Waals surface area contributed by atoms with E-state index < -0.39 is 41.7 Å². The molecular formula is C20H26N4O6. The summed E-state index contributed by atoms with van der Waals surface area (Å²) in [5.74, 6) is -1.25. The summed E-state index contributed by atoms with van der Waals surface area (Å²) in [5.41, 5.74) is 5.52. The number of nitrogens with two attached hydrogens (primary N) is 1. The second kappa shape index (κ2) is 7.85. The first-order valence-electron chi connectivity index (χ1n) is 9.71. The summed E-state index contributed by atoms with van der Waals surface area (Å²) in [6.07, 6.45) is -1.66. The predicted octanol–water partition coefficient (Wildman–Crippen LogP) is 1.55. The van der Waals surface area contributed by atoms with Gasteiger partial charge < -0.3 is 20.5 Å². The highest BCUT2D eigenvalue weighted by Gasteiger charge is 2.55. The fraction of sp³-hybridized carbons (Fsp3) is 0.500. The molecule has 1 aromatic carbocycles. The van der Waals surface area contributed by atoms with Gasteiger partial charge in [0.25, 0.3) is 0 Å². The van der Waals surface area contributed by atoms with Crippen LogP contribution < -0.4 is 11.1 Å². The summed E-state index contributed by atoms with van der Waals surface area (Å²) in [5, 5.41) is 12.0. The first-order chi connectivity index (χ1) is 14.1. The number of nitrogens with one attached hydrogen (secondary N) is 1. The maximum atomic E-state index is 13.4. The lowest BCUT2D eigenvalue weighted by Gasteiger charge is -2.36. The number of carboxylic acid groups (broad SMARTS) is 1. The molecule has 0 saturated carbocycles. The molecule has 0 aromatic heterocycles. The average Bonchev–Trinajstić information content (AvgIpc) is 3.05. The van der Waals surface area contributed by atoms with E-state index in [1.165, 1.54) is 11.9 Å². The van der Waals surface area contributed by atoms with Gasteiger partial charge in [-0.05, 0) is 18.4 Å². The number of nitrogens with zero attached hydrogens (tertiary/aromatic N) is 2. The minimum Gasteiger partial charge on any atom is -0.465 e. The zero-order valence-electron chi connectivity index (χ0n) is 17.1. The van der Waals surface area contributed by atoms with E-state index in [0.717, 1.165) is 4.90 Å². The summed E-state index contributed by atoms with van der Waals surface area (Å²) >= 11 is 0. The van der Waals surface area contributed by atoms with Gasteiger partial charge in [0, 0.05) is 19.0 Å². The maximum absolute atomic E-state index is 13.4. The van der Waals surface area contributed by atoms with Crippen LogP contribution in [0.2, 0.25) is 0 Å². The first kappa shape index (κ1) is 21.4. The van der Waals surface area contributed by atoms with Gasteiger partial charge in [-0.2, -0.15) is 0 Å². The molecule has 2 aliphatic rings. The van der Waals surface area contributed by atoms with Gasteiger partial charge in [-0.15, -0.1) is 0 Å². The number of primary amides is 1. The number of amides is 4. The second-order valence-electron chi connectivity index (χ2n) is 8.18. The van der Waals surface area contributed by atoms with Crippen molar-refractivity contribution in [2.24, 2.45) is 11.7 Å². The van der Waals surface area contributed by atoms with Crippen molar-refractivity contribution < 1.29 is 29.0 Å². The van der Waals surface area contributed by atoms with E-state index in [2.05, 4.69) is 5.32 Å². The lowest BCUT2D eigenvalue weighted by Crippen LogP contribution is -2.53. The topological polar surface area (TPSA) is 142 Å². The zero-order chi connectivity index (χ0) is 22.2. The number of likely N-dealkylation sites (N-methyl/N-ethyl adjacent to an activating group) is 1. The van der Waals surface area contributed by atoms with Crippen LogP contribution in [0, 0.1) is 5.92 Å². The molecule has 1 spiro atoms. The van der Waals surface area contributed by atoms with Crippen LogP contribution in [0.15, 0.2) is 24.3 Å². The monoisotopic (exact) mass is 418 g/mol. The Morgan fingerprint density at radius 1 is 1.37 bits per heavy atom. The Balaban J connectivity index is 2.01. The molecule has 3 atom stereocenters. The van der Waals surface area contributed by atoms with E-state index in [9.17, 15) is 24.3 Å². The molecule has 0 radical (unpaired) electrons. The van der Waals surface area contributed by atoms with Gasteiger partial charge in [0.05, 0.1) is 12.2 Å². The van der Waals surface area contributed by atoms with Gasteiger partial charge in [0.1, 0.15) is 12.1 Å². The number of ether oxygens (including phenoxy) is 1. The van der Waals surface area contributed by atoms with E-state index in [4.69, 9.17) is 10.5 Å². The van der Waals surface area contributed by atoms with Crippen molar-refractivity contribution in [3.05, 3.63) is 29.8 Å². The Kier molecular flexibility index (Phi) is 5.60. The molecule has 30 heavy (non-hydrogen) atoms. The number of hydrogen-bond acceptors (Lipinski definition) is 5. The molecule has 1 saturated heterocycles. The highest BCUT2D eigenvalue weighted by atomic mass is 16.6. The predicted molar refractivity (Wildman–Crippen MR) is 107 cm³/mol. The fourth-order valence-corrected chi connectivity index (χ4v) is 4.18. The average molecular weight is 418 g/mol. The lowest BCUT2D eigenvalue weighted by molar-refractivity contribution is -0.141. The largest absolute Gasteiger partial charge is 0.465 e. The van der Waals surface area contributed by atoms with Crippen LogP contribution in [0.1, 0.15) is 32.3 Å². The van der Waals surface area contributed by atoms with E-state index in [1.807, 2.05) is 13.8 Å². The van der Waals surface area contributed by atoms with Crippen molar-refractivity contribution in [2.75, 3.05) is 18.9 Å². The van der Waals surface area contributed by atoms with Crippen LogP contribution in [0.25, 0.3) is 0 Å². The number of carbonyl (C=O) groups is 4. The SMILES string of the molecule is CC(C)CC(C(=O)N1C[C@]2(C[C@H]1C(N)=O)OC(=O)Nc1ccccc12)N(C)C(=O)O. The molecule has 1 unspecified atom stereocenters. The molecule has 2 heterocycles. The zero-order valence-corrected chi connectivity index (χ0v) is 17.1.